The summed E-state index contributed by atoms with van der Waals surface area (Å²) in [6, 6.07) is 12.6. The fourth-order valence-electron chi connectivity index (χ4n) is 4.18. The van der Waals surface area contributed by atoms with Gasteiger partial charge < -0.3 is 10.1 Å². The zero-order chi connectivity index (χ0) is 24.3. The molecule has 1 aliphatic carbocycles. The molecule has 0 radical (unpaired) electrons. The molecule has 176 valence electrons. The fraction of sp³-hybridized carbons (Fsp3) is 0.240. The van der Waals surface area contributed by atoms with E-state index in [-0.39, 0.29) is 50.0 Å². The van der Waals surface area contributed by atoms with Crippen LogP contribution in [0, 0.1) is 11.7 Å². The monoisotopic (exact) mass is 509 g/mol. The molecule has 0 saturated heterocycles. The number of carbonyl (C=O) groups is 1. The Balaban J connectivity index is 1.52. The van der Waals surface area contributed by atoms with Gasteiger partial charge in [-0.05, 0) is 60.4 Å². The Bertz CT molecular complexity index is 1290. The first-order valence-electron chi connectivity index (χ1n) is 10.5. The van der Waals surface area contributed by atoms with Crippen LogP contribution in [0.3, 0.4) is 0 Å². The molecular formula is C25H17Cl2F4NO2. The summed E-state index contributed by atoms with van der Waals surface area (Å²) in [5.74, 6) is -0.959. The Morgan fingerprint density at radius 1 is 1.03 bits per heavy atom. The van der Waals surface area contributed by atoms with Crippen LogP contribution >= 0.6 is 23.2 Å². The normalized spacial score (nSPS) is 19.5. The Morgan fingerprint density at radius 2 is 1.74 bits per heavy atom. The van der Waals surface area contributed by atoms with Gasteiger partial charge in [0.15, 0.2) is 5.82 Å². The Morgan fingerprint density at radius 3 is 2.38 bits per heavy atom. The molecule has 34 heavy (non-hydrogen) atoms. The van der Waals surface area contributed by atoms with Crippen molar-refractivity contribution in [2.45, 2.75) is 31.0 Å². The van der Waals surface area contributed by atoms with E-state index in [4.69, 9.17) is 27.9 Å². The van der Waals surface area contributed by atoms with E-state index < -0.39 is 24.0 Å². The topological polar surface area (TPSA) is 38.3 Å². The maximum atomic E-state index is 15.2. The van der Waals surface area contributed by atoms with Gasteiger partial charge >= 0.3 is 6.18 Å². The van der Waals surface area contributed by atoms with Gasteiger partial charge in [-0.3, -0.25) is 4.79 Å². The number of anilines is 1. The van der Waals surface area contributed by atoms with E-state index in [1.165, 1.54) is 48.5 Å². The smallest absolute Gasteiger partial charge is 0.432 e. The summed E-state index contributed by atoms with van der Waals surface area (Å²) >= 11 is 11.9. The summed E-state index contributed by atoms with van der Waals surface area (Å²) < 4.78 is 63.7. The molecule has 1 N–H and O–H groups in total. The predicted octanol–water partition coefficient (Wildman–Crippen LogP) is 7.54. The van der Waals surface area contributed by atoms with Crippen LogP contribution in [-0.4, -0.2) is 12.1 Å². The molecule has 3 aromatic carbocycles. The SMILES string of the molecule is O=C(Nc1cccc(-c2ccc3c(c2)CC(c2cc(Cl)cc(Cl)c2)(C(F)(F)F)O3)c1F)C1CC1. The molecule has 0 bridgehead atoms. The number of alkyl halides is 3. The predicted molar refractivity (Wildman–Crippen MR) is 122 cm³/mol. The third-order valence-electron chi connectivity index (χ3n) is 6.09. The summed E-state index contributed by atoms with van der Waals surface area (Å²) in [4.78, 5) is 12.1. The average molecular weight is 510 g/mol. The highest BCUT2D eigenvalue weighted by molar-refractivity contribution is 6.34. The average Bonchev–Trinajstić information content (AvgIpc) is 3.53. The van der Waals surface area contributed by atoms with Crippen molar-refractivity contribution in [3.05, 3.63) is 81.6 Å². The van der Waals surface area contributed by atoms with Crippen molar-refractivity contribution in [1.82, 2.24) is 0 Å². The van der Waals surface area contributed by atoms with Gasteiger partial charge in [0.1, 0.15) is 5.75 Å². The highest BCUT2D eigenvalue weighted by atomic mass is 35.5. The number of benzene rings is 3. The minimum absolute atomic E-state index is 0.0318. The summed E-state index contributed by atoms with van der Waals surface area (Å²) in [5.41, 5.74) is -2.08. The zero-order valence-electron chi connectivity index (χ0n) is 17.5. The second-order valence-corrected chi connectivity index (χ2v) is 9.39. The molecule has 1 fully saturated rings. The van der Waals surface area contributed by atoms with E-state index in [0.29, 0.717) is 5.56 Å². The quantitative estimate of drug-likeness (QED) is 0.369. The number of hydrogen-bond donors (Lipinski definition) is 1. The third-order valence-corrected chi connectivity index (χ3v) is 6.52. The first-order valence-corrected chi connectivity index (χ1v) is 11.3. The number of halogens is 6. The van der Waals surface area contributed by atoms with Gasteiger partial charge in [0.25, 0.3) is 0 Å². The second kappa shape index (κ2) is 8.17. The van der Waals surface area contributed by atoms with Gasteiger partial charge in [0.2, 0.25) is 11.5 Å². The molecule has 1 aliphatic heterocycles. The number of hydrogen-bond acceptors (Lipinski definition) is 2. The molecule has 2 aliphatic rings. The molecule has 1 heterocycles. The molecule has 1 atom stereocenters. The number of rotatable bonds is 4. The van der Waals surface area contributed by atoms with Crippen molar-refractivity contribution in [2.75, 3.05) is 5.32 Å². The van der Waals surface area contributed by atoms with Crippen LogP contribution in [0.2, 0.25) is 10.0 Å². The van der Waals surface area contributed by atoms with Crippen LogP contribution in [0.5, 0.6) is 5.75 Å². The van der Waals surface area contributed by atoms with E-state index in [0.717, 1.165) is 12.8 Å². The van der Waals surface area contributed by atoms with Crippen molar-refractivity contribution in [1.29, 1.82) is 0 Å². The third kappa shape index (κ3) is 4.01. The lowest BCUT2D eigenvalue weighted by molar-refractivity contribution is -0.248. The minimum atomic E-state index is -4.78. The second-order valence-electron chi connectivity index (χ2n) is 8.51. The molecule has 5 rings (SSSR count). The van der Waals surface area contributed by atoms with E-state index in [9.17, 15) is 18.0 Å². The largest absolute Gasteiger partial charge is 0.472 e. The van der Waals surface area contributed by atoms with Gasteiger partial charge in [0, 0.05) is 33.5 Å². The zero-order valence-corrected chi connectivity index (χ0v) is 19.0. The maximum Gasteiger partial charge on any atom is 0.432 e. The molecular weight excluding hydrogens is 493 g/mol. The van der Waals surface area contributed by atoms with E-state index in [1.807, 2.05) is 0 Å². The van der Waals surface area contributed by atoms with Gasteiger partial charge in [0.05, 0.1) is 5.69 Å². The number of carbonyl (C=O) groups excluding carboxylic acids is 1. The first-order chi connectivity index (χ1) is 16.1. The van der Waals surface area contributed by atoms with Gasteiger partial charge in [-0.25, -0.2) is 4.39 Å². The van der Waals surface area contributed by atoms with Gasteiger partial charge in [-0.2, -0.15) is 13.2 Å². The van der Waals surface area contributed by atoms with Crippen LogP contribution in [-0.2, 0) is 16.8 Å². The number of nitrogens with one attached hydrogen (secondary N) is 1. The standard InChI is InChI=1S/C25H17Cl2F4NO2/c26-17-9-16(10-18(27)11-17)24(25(29,30)31)12-15-8-14(6-7-21(15)34-24)19-2-1-3-20(22(19)28)32-23(33)13-4-5-13/h1-3,6-11,13H,4-5,12H2,(H,32,33). The van der Waals surface area contributed by atoms with E-state index in [1.54, 1.807) is 6.07 Å². The maximum absolute atomic E-state index is 15.2. The van der Waals surface area contributed by atoms with Crippen LogP contribution in [0.1, 0.15) is 24.0 Å². The molecule has 0 aromatic heterocycles. The highest BCUT2D eigenvalue weighted by Crippen LogP contribution is 2.52. The Hall–Kier alpha value is -2.77. The van der Waals surface area contributed by atoms with Gasteiger partial charge in [-0.15, -0.1) is 0 Å². The Kier molecular flexibility index (Phi) is 5.52. The van der Waals surface area contributed by atoms with Crippen molar-refractivity contribution in [2.24, 2.45) is 5.92 Å². The number of ether oxygens (including phenoxy) is 1. The number of amides is 1. The summed E-state index contributed by atoms with van der Waals surface area (Å²) in [6.45, 7) is 0. The molecule has 1 saturated carbocycles. The van der Waals surface area contributed by atoms with Crippen LogP contribution in [0.15, 0.2) is 54.6 Å². The Labute approximate surface area is 202 Å². The van der Waals surface area contributed by atoms with Crippen LogP contribution in [0.4, 0.5) is 23.2 Å². The fourth-order valence-corrected chi connectivity index (χ4v) is 4.70. The summed E-state index contributed by atoms with van der Waals surface area (Å²) in [5, 5.41) is 2.70. The van der Waals surface area contributed by atoms with Gasteiger partial charge in [-0.1, -0.05) is 41.4 Å². The lowest BCUT2D eigenvalue weighted by Gasteiger charge is -2.31. The van der Waals surface area contributed by atoms with E-state index >= 15 is 4.39 Å². The summed E-state index contributed by atoms with van der Waals surface area (Å²) in [7, 11) is 0. The number of fused-ring (bicyclic) bond motifs is 1. The molecule has 9 heteroatoms. The molecule has 1 unspecified atom stereocenters. The van der Waals surface area contributed by atoms with Crippen molar-refractivity contribution < 1.29 is 27.1 Å². The van der Waals surface area contributed by atoms with Crippen LogP contribution < -0.4 is 10.1 Å². The lowest BCUT2D eigenvalue weighted by atomic mass is 9.87. The molecule has 3 nitrogen and oxygen atoms in total. The van der Waals surface area contributed by atoms with Crippen molar-refractivity contribution in [3.63, 3.8) is 0 Å². The highest BCUT2D eigenvalue weighted by Gasteiger charge is 2.61. The summed E-state index contributed by atoms with van der Waals surface area (Å²) in [6.07, 6.45) is -3.76. The minimum Gasteiger partial charge on any atom is -0.472 e. The molecule has 1 amide bonds. The van der Waals surface area contributed by atoms with Crippen molar-refractivity contribution in [3.8, 4) is 16.9 Å². The van der Waals surface area contributed by atoms with Crippen LogP contribution in [0.25, 0.3) is 11.1 Å². The van der Waals surface area contributed by atoms with E-state index in [2.05, 4.69) is 5.32 Å². The van der Waals surface area contributed by atoms with Crippen molar-refractivity contribution >= 4 is 34.8 Å². The lowest BCUT2D eigenvalue weighted by Crippen LogP contribution is -2.46. The first kappa shape index (κ1) is 23.0. The molecule has 3 aromatic rings. The molecule has 0 spiro atoms.